The molecule has 1 aliphatic rings. The zero-order valence-corrected chi connectivity index (χ0v) is 12.0. The monoisotopic (exact) mass is 262 g/mol. The first kappa shape index (κ1) is 14.1. The van der Waals surface area contributed by atoms with Crippen molar-refractivity contribution in [2.45, 2.75) is 58.5 Å². The quantitative estimate of drug-likeness (QED) is 0.818. The van der Waals surface area contributed by atoms with Crippen LogP contribution in [0.4, 0.5) is 0 Å². The highest BCUT2D eigenvalue weighted by Crippen LogP contribution is 2.31. The van der Waals surface area contributed by atoms with Gasteiger partial charge in [-0.25, -0.2) is 9.97 Å². The Balaban J connectivity index is 2.42. The third kappa shape index (κ3) is 2.54. The summed E-state index contributed by atoms with van der Waals surface area (Å²) in [5.74, 6) is 0.899. The molecule has 1 aliphatic carbocycles. The molecule has 2 rings (SSSR count). The minimum atomic E-state index is -0.412. The van der Waals surface area contributed by atoms with Gasteiger partial charge in [0.05, 0.1) is 11.3 Å². The summed E-state index contributed by atoms with van der Waals surface area (Å²) < 4.78 is 5.92. The van der Waals surface area contributed by atoms with Gasteiger partial charge in [0.25, 0.3) is 0 Å². The Morgan fingerprint density at radius 1 is 1.26 bits per heavy atom. The van der Waals surface area contributed by atoms with Crippen LogP contribution in [0, 0.1) is 0 Å². The molecule has 0 bridgehead atoms. The molecule has 0 radical (unpaired) electrons. The van der Waals surface area contributed by atoms with Gasteiger partial charge in [-0.15, -0.1) is 0 Å². The van der Waals surface area contributed by atoms with Gasteiger partial charge in [-0.3, -0.25) is 4.79 Å². The lowest BCUT2D eigenvalue weighted by Gasteiger charge is -2.30. The molecule has 4 heteroatoms. The lowest BCUT2D eigenvalue weighted by atomic mass is 9.93. The maximum atomic E-state index is 11.8. The van der Waals surface area contributed by atoms with Crippen LogP contribution in [0.5, 0.6) is 0 Å². The lowest BCUT2D eigenvalue weighted by Crippen LogP contribution is -2.32. The normalized spacial score (nSPS) is 15.4. The first-order chi connectivity index (χ1) is 9.16. The summed E-state index contributed by atoms with van der Waals surface area (Å²) in [5, 5.41) is 0. The van der Waals surface area contributed by atoms with E-state index in [1.807, 2.05) is 6.92 Å². The first-order valence-corrected chi connectivity index (χ1v) is 7.20. The van der Waals surface area contributed by atoms with Gasteiger partial charge in [0.1, 0.15) is 5.60 Å². The summed E-state index contributed by atoms with van der Waals surface area (Å²) in [7, 11) is 0. The maximum Gasteiger partial charge on any atom is 0.166 e. The van der Waals surface area contributed by atoms with E-state index in [2.05, 4.69) is 23.8 Å². The largest absolute Gasteiger partial charge is 0.367 e. The Morgan fingerprint density at radius 3 is 2.63 bits per heavy atom. The predicted octanol–water partition coefficient (Wildman–Crippen LogP) is 3.05. The van der Waals surface area contributed by atoms with Crippen LogP contribution in [0.2, 0.25) is 0 Å². The molecule has 104 valence electrons. The van der Waals surface area contributed by atoms with Crippen LogP contribution >= 0.6 is 0 Å². The van der Waals surface area contributed by atoms with E-state index in [0.29, 0.717) is 18.6 Å². The first-order valence-electron chi connectivity index (χ1n) is 7.20. The van der Waals surface area contributed by atoms with Crippen molar-refractivity contribution in [1.82, 2.24) is 9.97 Å². The molecule has 19 heavy (non-hydrogen) atoms. The molecule has 0 saturated carbocycles. The summed E-state index contributed by atoms with van der Waals surface area (Å²) in [6.45, 7) is 6.81. The summed E-state index contributed by atoms with van der Waals surface area (Å²) in [6, 6.07) is 0. The standard InChI is InChI=1S/C15H22N2O2/c1-4-15(5-2,19-6-3)14-16-10-11-12(17-14)8-7-9-13(11)18/h10H,4-9H2,1-3H3. The minimum Gasteiger partial charge on any atom is -0.367 e. The number of aromatic nitrogens is 2. The van der Waals surface area contributed by atoms with Crippen molar-refractivity contribution >= 4 is 5.78 Å². The molecule has 0 spiro atoms. The summed E-state index contributed by atoms with van der Waals surface area (Å²) in [5.41, 5.74) is 1.18. The molecule has 0 atom stereocenters. The highest BCUT2D eigenvalue weighted by atomic mass is 16.5. The van der Waals surface area contributed by atoms with Gasteiger partial charge < -0.3 is 4.74 Å². The lowest BCUT2D eigenvalue weighted by molar-refractivity contribution is -0.0573. The van der Waals surface area contributed by atoms with E-state index in [1.54, 1.807) is 6.20 Å². The van der Waals surface area contributed by atoms with Gasteiger partial charge >= 0.3 is 0 Å². The molecule has 0 N–H and O–H groups in total. The Labute approximate surface area is 114 Å². The number of fused-ring (bicyclic) bond motifs is 1. The van der Waals surface area contributed by atoms with Crippen LogP contribution in [0.25, 0.3) is 0 Å². The fraction of sp³-hybridized carbons (Fsp3) is 0.667. The second kappa shape index (κ2) is 5.78. The number of aryl methyl sites for hydroxylation is 1. The maximum absolute atomic E-state index is 11.8. The number of carbonyl (C=O) groups excluding carboxylic acids is 1. The second-order valence-electron chi connectivity index (χ2n) is 4.97. The van der Waals surface area contributed by atoms with Gasteiger partial charge in [0.15, 0.2) is 11.6 Å². The molecule has 0 amide bonds. The van der Waals surface area contributed by atoms with E-state index in [1.165, 1.54) is 0 Å². The average molecular weight is 262 g/mol. The molecular weight excluding hydrogens is 240 g/mol. The van der Waals surface area contributed by atoms with E-state index in [4.69, 9.17) is 4.74 Å². The highest BCUT2D eigenvalue weighted by molar-refractivity contribution is 5.97. The van der Waals surface area contributed by atoms with Crippen LogP contribution in [0.15, 0.2) is 6.20 Å². The van der Waals surface area contributed by atoms with Crippen LogP contribution < -0.4 is 0 Å². The zero-order chi connectivity index (χ0) is 13.9. The molecule has 0 unspecified atom stereocenters. The van der Waals surface area contributed by atoms with E-state index in [0.717, 1.165) is 37.2 Å². The van der Waals surface area contributed by atoms with E-state index < -0.39 is 5.60 Å². The van der Waals surface area contributed by atoms with Crippen molar-refractivity contribution in [2.24, 2.45) is 0 Å². The smallest absolute Gasteiger partial charge is 0.166 e. The number of rotatable bonds is 5. The number of Topliss-reactive ketones (excluding diaryl/α,β-unsaturated/α-hetero) is 1. The van der Waals surface area contributed by atoms with Crippen molar-refractivity contribution in [1.29, 1.82) is 0 Å². The van der Waals surface area contributed by atoms with Crippen LogP contribution in [0.1, 0.15) is 68.3 Å². The Morgan fingerprint density at radius 2 is 2.00 bits per heavy atom. The topological polar surface area (TPSA) is 52.1 Å². The van der Waals surface area contributed by atoms with Gasteiger partial charge in [0, 0.05) is 19.2 Å². The third-order valence-corrected chi connectivity index (χ3v) is 3.96. The van der Waals surface area contributed by atoms with Gasteiger partial charge in [-0.1, -0.05) is 13.8 Å². The predicted molar refractivity (Wildman–Crippen MR) is 73.2 cm³/mol. The molecule has 1 aromatic rings. The molecule has 0 saturated heterocycles. The number of carbonyl (C=O) groups is 1. The minimum absolute atomic E-state index is 0.169. The number of ketones is 1. The molecular formula is C15H22N2O2. The van der Waals surface area contributed by atoms with E-state index in [-0.39, 0.29) is 5.78 Å². The van der Waals surface area contributed by atoms with Crippen molar-refractivity contribution in [2.75, 3.05) is 6.61 Å². The number of hydrogen-bond acceptors (Lipinski definition) is 4. The Kier molecular flexibility index (Phi) is 4.30. The summed E-state index contributed by atoms with van der Waals surface area (Å²) >= 11 is 0. The molecule has 0 fully saturated rings. The second-order valence-corrected chi connectivity index (χ2v) is 4.97. The van der Waals surface area contributed by atoms with Gasteiger partial charge in [-0.2, -0.15) is 0 Å². The third-order valence-electron chi connectivity index (χ3n) is 3.96. The molecule has 4 nitrogen and oxygen atoms in total. The number of nitrogens with zero attached hydrogens (tertiary/aromatic N) is 2. The Bertz CT molecular complexity index is 467. The van der Waals surface area contributed by atoms with Crippen LogP contribution in [0.3, 0.4) is 0 Å². The van der Waals surface area contributed by atoms with Crippen molar-refractivity contribution < 1.29 is 9.53 Å². The molecule has 1 aromatic heterocycles. The Hall–Kier alpha value is -1.29. The highest BCUT2D eigenvalue weighted by Gasteiger charge is 2.33. The van der Waals surface area contributed by atoms with Crippen LogP contribution in [-0.2, 0) is 16.8 Å². The van der Waals surface area contributed by atoms with E-state index in [9.17, 15) is 4.79 Å². The van der Waals surface area contributed by atoms with Crippen molar-refractivity contribution in [3.05, 3.63) is 23.3 Å². The molecule has 1 heterocycles. The molecule has 0 aliphatic heterocycles. The van der Waals surface area contributed by atoms with Gasteiger partial charge in [-0.05, 0) is 32.6 Å². The molecule has 0 aromatic carbocycles. The summed E-state index contributed by atoms with van der Waals surface area (Å²) in [4.78, 5) is 20.9. The number of ether oxygens (including phenoxy) is 1. The van der Waals surface area contributed by atoms with Crippen LogP contribution in [-0.4, -0.2) is 22.4 Å². The van der Waals surface area contributed by atoms with Crippen molar-refractivity contribution in [3.63, 3.8) is 0 Å². The SMILES string of the molecule is CCOC(CC)(CC)c1ncc2c(n1)CCCC2=O. The van der Waals surface area contributed by atoms with Crippen molar-refractivity contribution in [3.8, 4) is 0 Å². The zero-order valence-electron chi connectivity index (χ0n) is 12.0. The fourth-order valence-electron chi connectivity index (χ4n) is 2.72. The number of hydrogen-bond donors (Lipinski definition) is 0. The van der Waals surface area contributed by atoms with Gasteiger partial charge in [0.2, 0.25) is 0 Å². The summed E-state index contributed by atoms with van der Waals surface area (Å²) in [6.07, 6.45) is 5.74. The van der Waals surface area contributed by atoms with E-state index >= 15 is 0 Å². The fourth-order valence-corrected chi connectivity index (χ4v) is 2.72. The average Bonchev–Trinajstić information content (AvgIpc) is 2.45.